The normalized spacial score (nSPS) is 23.4. The van der Waals surface area contributed by atoms with E-state index in [0.29, 0.717) is 28.0 Å². The van der Waals surface area contributed by atoms with Gasteiger partial charge in [0.05, 0.1) is 5.69 Å². The molecule has 0 saturated carbocycles. The van der Waals surface area contributed by atoms with Gasteiger partial charge in [-0.3, -0.25) is 0 Å². The molecule has 5 heteroatoms. The first-order chi connectivity index (χ1) is 8.58. The maximum absolute atomic E-state index is 9.20. The lowest BCUT2D eigenvalue weighted by Gasteiger charge is -2.36. The quantitative estimate of drug-likeness (QED) is 0.841. The first-order valence-corrected chi connectivity index (χ1v) is 6.87. The molecule has 2 atom stereocenters. The van der Waals surface area contributed by atoms with Crippen molar-refractivity contribution in [3.8, 4) is 12.1 Å². The number of hydrogen-bond donors (Lipinski definition) is 1. The maximum atomic E-state index is 9.20. The van der Waals surface area contributed by atoms with E-state index in [1.807, 2.05) is 0 Å². The summed E-state index contributed by atoms with van der Waals surface area (Å²) in [6.45, 7) is 6.35. The van der Waals surface area contributed by atoms with E-state index in [9.17, 15) is 5.26 Å². The van der Waals surface area contributed by atoms with Crippen LogP contribution in [-0.2, 0) is 0 Å². The standard InChI is InChI=1S/C13H16N4S/c1-8-3-4-17(7-9(8)2)13-10(5-14)12(16)11(6-15)18-13/h8-9H,3-4,7,16H2,1-2H3. The Morgan fingerprint density at radius 2 is 2.00 bits per heavy atom. The van der Waals surface area contributed by atoms with Crippen LogP contribution >= 0.6 is 11.3 Å². The van der Waals surface area contributed by atoms with Gasteiger partial charge in [0.1, 0.15) is 27.6 Å². The second-order valence-corrected chi connectivity index (χ2v) is 5.94. The second kappa shape index (κ2) is 4.88. The number of nitrogen functional groups attached to an aromatic ring is 1. The van der Waals surface area contributed by atoms with Gasteiger partial charge in [-0.2, -0.15) is 10.5 Å². The summed E-state index contributed by atoms with van der Waals surface area (Å²) in [4.78, 5) is 2.65. The molecule has 1 aliphatic heterocycles. The van der Waals surface area contributed by atoms with Crippen LogP contribution in [0.25, 0.3) is 0 Å². The minimum Gasteiger partial charge on any atom is -0.396 e. The van der Waals surface area contributed by atoms with Crippen molar-refractivity contribution >= 4 is 22.0 Å². The highest BCUT2D eigenvalue weighted by molar-refractivity contribution is 7.17. The highest BCUT2D eigenvalue weighted by Gasteiger charge is 2.27. The van der Waals surface area contributed by atoms with Gasteiger partial charge in [0, 0.05) is 13.1 Å². The smallest absolute Gasteiger partial charge is 0.131 e. The molecule has 0 aliphatic carbocycles. The molecule has 1 fully saturated rings. The third kappa shape index (κ3) is 2.02. The largest absolute Gasteiger partial charge is 0.396 e. The number of anilines is 2. The number of nitriles is 2. The number of piperidine rings is 1. The Bertz CT molecular complexity index is 534. The van der Waals surface area contributed by atoms with Gasteiger partial charge < -0.3 is 10.6 Å². The van der Waals surface area contributed by atoms with Crippen LogP contribution in [0.3, 0.4) is 0 Å². The highest BCUT2D eigenvalue weighted by atomic mass is 32.1. The Hall–Kier alpha value is -1.72. The number of hydrogen-bond acceptors (Lipinski definition) is 5. The third-order valence-corrected chi connectivity index (χ3v) is 4.93. The lowest BCUT2D eigenvalue weighted by Crippen LogP contribution is -2.38. The Kier molecular flexibility index (Phi) is 3.45. The van der Waals surface area contributed by atoms with Crippen molar-refractivity contribution < 1.29 is 0 Å². The summed E-state index contributed by atoms with van der Waals surface area (Å²) in [6, 6.07) is 4.20. The van der Waals surface area contributed by atoms with Crippen molar-refractivity contribution in [1.82, 2.24) is 0 Å². The van der Waals surface area contributed by atoms with E-state index in [1.54, 1.807) is 0 Å². The molecule has 1 aromatic rings. The van der Waals surface area contributed by atoms with Crippen LogP contribution in [0.2, 0.25) is 0 Å². The molecule has 0 spiro atoms. The minimum absolute atomic E-state index is 0.339. The highest BCUT2D eigenvalue weighted by Crippen LogP contribution is 2.39. The summed E-state index contributed by atoms with van der Waals surface area (Å²) in [5, 5.41) is 19.1. The average Bonchev–Trinajstić information content (AvgIpc) is 2.69. The van der Waals surface area contributed by atoms with Gasteiger partial charge in [-0.1, -0.05) is 13.8 Å². The summed E-state index contributed by atoms with van der Waals surface area (Å²) in [5.74, 6) is 1.30. The molecular formula is C13H16N4S. The zero-order valence-corrected chi connectivity index (χ0v) is 11.4. The summed E-state index contributed by atoms with van der Waals surface area (Å²) in [6.07, 6.45) is 1.12. The molecule has 1 saturated heterocycles. The number of nitrogens with zero attached hydrogens (tertiary/aromatic N) is 3. The SMILES string of the molecule is CC1CCN(c2sc(C#N)c(N)c2C#N)CC1C. The Labute approximate surface area is 111 Å². The number of rotatable bonds is 1. The molecular weight excluding hydrogens is 244 g/mol. The van der Waals surface area contributed by atoms with Crippen LogP contribution in [0, 0.1) is 34.5 Å². The Morgan fingerprint density at radius 3 is 2.56 bits per heavy atom. The molecule has 2 heterocycles. The molecule has 0 amide bonds. The molecule has 2 unspecified atom stereocenters. The molecule has 94 valence electrons. The Morgan fingerprint density at radius 1 is 1.28 bits per heavy atom. The molecule has 0 radical (unpaired) electrons. The van der Waals surface area contributed by atoms with Crippen LogP contribution in [0.5, 0.6) is 0 Å². The zero-order valence-electron chi connectivity index (χ0n) is 10.6. The average molecular weight is 260 g/mol. The summed E-state index contributed by atoms with van der Waals surface area (Å²) >= 11 is 1.34. The van der Waals surface area contributed by atoms with Crippen LogP contribution in [0.1, 0.15) is 30.7 Å². The van der Waals surface area contributed by atoms with E-state index >= 15 is 0 Å². The zero-order chi connectivity index (χ0) is 13.3. The fourth-order valence-corrected chi connectivity index (χ4v) is 3.30. The van der Waals surface area contributed by atoms with Gasteiger partial charge in [0.25, 0.3) is 0 Å². The summed E-state index contributed by atoms with van der Waals surface area (Å²) in [7, 11) is 0. The van der Waals surface area contributed by atoms with E-state index < -0.39 is 0 Å². The van der Waals surface area contributed by atoms with Crippen molar-refractivity contribution in [2.24, 2.45) is 11.8 Å². The fraction of sp³-hybridized carbons (Fsp3) is 0.538. The van der Waals surface area contributed by atoms with Gasteiger partial charge in [0.15, 0.2) is 0 Å². The second-order valence-electron chi connectivity index (χ2n) is 4.94. The molecule has 18 heavy (non-hydrogen) atoms. The molecule has 1 aliphatic rings. The molecule has 0 aromatic carbocycles. The van der Waals surface area contributed by atoms with E-state index in [4.69, 9.17) is 11.0 Å². The van der Waals surface area contributed by atoms with Crippen LogP contribution in [-0.4, -0.2) is 13.1 Å². The molecule has 0 bridgehead atoms. The molecule has 2 N–H and O–H groups in total. The van der Waals surface area contributed by atoms with E-state index in [2.05, 4.69) is 30.9 Å². The minimum atomic E-state index is 0.339. The van der Waals surface area contributed by atoms with Gasteiger partial charge in [-0.15, -0.1) is 11.3 Å². The van der Waals surface area contributed by atoms with Crippen LogP contribution in [0.4, 0.5) is 10.7 Å². The van der Waals surface area contributed by atoms with Crippen LogP contribution in [0.15, 0.2) is 0 Å². The van der Waals surface area contributed by atoms with E-state index in [0.717, 1.165) is 24.5 Å². The van der Waals surface area contributed by atoms with Crippen molar-refractivity contribution in [2.45, 2.75) is 20.3 Å². The van der Waals surface area contributed by atoms with E-state index in [1.165, 1.54) is 11.3 Å². The molecule has 4 nitrogen and oxygen atoms in total. The monoisotopic (exact) mass is 260 g/mol. The summed E-state index contributed by atoms with van der Waals surface area (Å²) < 4.78 is 0. The van der Waals surface area contributed by atoms with Crippen molar-refractivity contribution in [3.63, 3.8) is 0 Å². The molecule has 2 rings (SSSR count). The van der Waals surface area contributed by atoms with Gasteiger partial charge in [0.2, 0.25) is 0 Å². The van der Waals surface area contributed by atoms with Gasteiger partial charge in [-0.25, -0.2) is 0 Å². The topological polar surface area (TPSA) is 76.8 Å². The predicted molar refractivity (Wildman–Crippen MR) is 73.3 cm³/mol. The van der Waals surface area contributed by atoms with Crippen molar-refractivity contribution in [1.29, 1.82) is 10.5 Å². The third-order valence-electron chi connectivity index (χ3n) is 3.76. The van der Waals surface area contributed by atoms with E-state index in [-0.39, 0.29) is 0 Å². The first kappa shape index (κ1) is 12.7. The first-order valence-electron chi connectivity index (χ1n) is 6.05. The lowest BCUT2D eigenvalue weighted by molar-refractivity contribution is 0.324. The number of thiophene rings is 1. The number of nitrogens with two attached hydrogens (primary N) is 1. The van der Waals surface area contributed by atoms with Gasteiger partial charge in [-0.05, 0) is 18.3 Å². The summed E-state index contributed by atoms with van der Waals surface area (Å²) in [5.41, 5.74) is 6.64. The maximum Gasteiger partial charge on any atom is 0.131 e. The van der Waals surface area contributed by atoms with Crippen LogP contribution < -0.4 is 10.6 Å². The van der Waals surface area contributed by atoms with Crippen molar-refractivity contribution in [3.05, 3.63) is 10.4 Å². The van der Waals surface area contributed by atoms with Gasteiger partial charge >= 0.3 is 0 Å². The van der Waals surface area contributed by atoms with Crippen molar-refractivity contribution in [2.75, 3.05) is 23.7 Å². The predicted octanol–water partition coefficient (Wildman–Crippen LogP) is 2.56. The molecule has 1 aromatic heterocycles. The fourth-order valence-electron chi connectivity index (χ4n) is 2.29. The Balaban J connectivity index is 2.35. The lowest BCUT2D eigenvalue weighted by atomic mass is 9.89.